The largest absolute Gasteiger partial charge is 0.494 e. The number of thiophene rings is 1. The number of hydrogen-bond acceptors (Lipinski definition) is 9. The predicted octanol–water partition coefficient (Wildman–Crippen LogP) is 7.72. The van der Waals surface area contributed by atoms with Gasteiger partial charge in [-0.3, -0.25) is 14.4 Å². The molecule has 0 radical (unpaired) electrons. The van der Waals surface area contributed by atoms with Gasteiger partial charge in [0.05, 0.1) is 26.0 Å². The third-order valence-electron chi connectivity index (χ3n) is 7.59. The Hall–Kier alpha value is -5.09. The lowest BCUT2D eigenvalue weighted by Gasteiger charge is -2.17. The third-order valence-corrected chi connectivity index (χ3v) is 8.59. The smallest absolute Gasteiger partial charge is 0.306 e. The summed E-state index contributed by atoms with van der Waals surface area (Å²) in [6.07, 6.45) is -0.211. The van der Waals surface area contributed by atoms with E-state index in [2.05, 4.69) is 4.98 Å². The summed E-state index contributed by atoms with van der Waals surface area (Å²) in [7, 11) is 4.46. The number of Topliss-reactive ketones (excluding diaryl/α,β-unsaturated/α-hetero) is 2. The number of hydrogen-bond donors (Lipinski definition) is 0. The van der Waals surface area contributed by atoms with Gasteiger partial charge in [-0.25, -0.2) is 9.37 Å². The summed E-state index contributed by atoms with van der Waals surface area (Å²) < 4.78 is 36.6. The van der Waals surface area contributed by atoms with Crippen LogP contribution in [0.25, 0.3) is 21.3 Å². The zero-order valence-corrected chi connectivity index (χ0v) is 26.4. The summed E-state index contributed by atoms with van der Waals surface area (Å²) >= 11 is 1.23. The van der Waals surface area contributed by atoms with E-state index >= 15 is 0 Å². The van der Waals surface area contributed by atoms with Gasteiger partial charge in [0.2, 0.25) is 0 Å². The molecule has 0 bridgehead atoms. The highest BCUT2D eigenvalue weighted by Crippen LogP contribution is 2.39. The first kappa shape index (κ1) is 32.3. The molecule has 0 aliphatic carbocycles. The maximum absolute atomic E-state index is 14.5. The Bertz CT molecular complexity index is 1870. The first-order valence-electron chi connectivity index (χ1n) is 14.5. The predicted molar refractivity (Wildman–Crippen MR) is 173 cm³/mol. The summed E-state index contributed by atoms with van der Waals surface area (Å²) in [5.74, 6) is -1.23. The van der Waals surface area contributed by atoms with E-state index in [0.717, 1.165) is 5.56 Å². The number of methoxy groups -OCH3 is 3. The average Bonchev–Trinajstić information content (AvgIpc) is 3.54. The number of ether oxygens (including phenoxy) is 4. The van der Waals surface area contributed by atoms with Gasteiger partial charge in [0.15, 0.2) is 23.1 Å². The van der Waals surface area contributed by atoms with Gasteiger partial charge in [0.25, 0.3) is 0 Å². The van der Waals surface area contributed by atoms with Crippen molar-refractivity contribution in [2.75, 3.05) is 21.3 Å². The minimum absolute atomic E-state index is 0.0567. The molecular formula is C36H32FNO7S. The molecule has 0 saturated heterocycles. The first-order chi connectivity index (χ1) is 22.3. The van der Waals surface area contributed by atoms with E-state index < -0.39 is 17.7 Å². The summed E-state index contributed by atoms with van der Waals surface area (Å²) in [6, 6.07) is 22.0. The first-order valence-corrected chi connectivity index (χ1v) is 15.4. The average molecular weight is 642 g/mol. The number of pyridine rings is 1. The Labute approximate surface area is 269 Å². The SMILES string of the molecule is COc1ccc(C(=O)CC(CCC(=O)OCc2ccccc2)C(=O)c2ccc(OC)c(-c3csc4c(F)cccc34)n2)cc1OC. The number of carbonyl (C=O) groups is 3. The Balaban J connectivity index is 1.43. The zero-order valence-electron chi connectivity index (χ0n) is 25.6. The van der Waals surface area contributed by atoms with Crippen molar-refractivity contribution < 1.29 is 37.7 Å². The Morgan fingerprint density at radius 3 is 2.33 bits per heavy atom. The molecule has 0 amide bonds. The van der Waals surface area contributed by atoms with Crippen LogP contribution in [0.15, 0.2) is 84.2 Å². The van der Waals surface area contributed by atoms with Crippen LogP contribution >= 0.6 is 11.3 Å². The second kappa shape index (κ2) is 14.8. The summed E-state index contributed by atoms with van der Waals surface area (Å²) in [4.78, 5) is 45.0. The van der Waals surface area contributed by atoms with Crippen LogP contribution in [0.5, 0.6) is 17.2 Å². The van der Waals surface area contributed by atoms with Gasteiger partial charge < -0.3 is 18.9 Å². The molecule has 3 aromatic carbocycles. The van der Waals surface area contributed by atoms with Crippen molar-refractivity contribution in [3.05, 3.63) is 107 Å². The standard InChI is InChI=1S/C36H32FNO7S/c1-42-30-15-12-23(19-32(30)44-3)29(39)18-24(13-17-33(40)45-20-22-8-5-4-6-9-22)35(41)28-14-16-31(43-2)34(38-28)26-21-46-36-25(26)10-7-11-27(36)37/h4-12,14-16,19,21,24H,13,17-18,20H2,1-3H3. The highest BCUT2D eigenvalue weighted by molar-refractivity contribution is 7.17. The quantitative estimate of drug-likeness (QED) is 0.0897. The molecule has 1 atom stereocenters. The molecule has 236 valence electrons. The lowest BCUT2D eigenvalue weighted by Crippen LogP contribution is -2.22. The minimum Gasteiger partial charge on any atom is -0.494 e. The fraction of sp³-hybridized carbons (Fsp3) is 0.222. The van der Waals surface area contributed by atoms with Crippen molar-refractivity contribution in [2.45, 2.75) is 25.9 Å². The Morgan fingerprint density at radius 2 is 1.59 bits per heavy atom. The summed E-state index contributed by atoms with van der Waals surface area (Å²) in [6.45, 7) is 0.0987. The molecule has 0 aliphatic rings. The lowest BCUT2D eigenvalue weighted by atomic mass is 9.88. The molecular weight excluding hydrogens is 609 g/mol. The van der Waals surface area contributed by atoms with Gasteiger partial charge >= 0.3 is 5.97 Å². The number of fused-ring (bicyclic) bond motifs is 1. The fourth-order valence-corrected chi connectivity index (χ4v) is 6.10. The highest BCUT2D eigenvalue weighted by Gasteiger charge is 2.28. The van der Waals surface area contributed by atoms with Crippen LogP contribution in [-0.4, -0.2) is 43.8 Å². The molecule has 5 rings (SSSR count). The number of carbonyl (C=O) groups excluding carboxylic acids is 3. The van der Waals surface area contributed by atoms with Crippen LogP contribution in [0.2, 0.25) is 0 Å². The molecule has 0 spiro atoms. The van der Waals surface area contributed by atoms with Gasteiger partial charge in [-0.15, -0.1) is 11.3 Å². The molecule has 5 aromatic rings. The number of benzene rings is 3. The number of ketones is 2. The van der Waals surface area contributed by atoms with Crippen LogP contribution in [0.4, 0.5) is 4.39 Å². The fourth-order valence-electron chi connectivity index (χ4n) is 5.14. The van der Waals surface area contributed by atoms with Crippen LogP contribution in [0, 0.1) is 11.7 Å². The normalized spacial score (nSPS) is 11.6. The molecule has 2 aromatic heterocycles. The molecule has 0 fully saturated rings. The molecule has 0 aliphatic heterocycles. The van der Waals surface area contributed by atoms with E-state index in [-0.39, 0.29) is 43.2 Å². The van der Waals surface area contributed by atoms with E-state index in [1.165, 1.54) is 44.8 Å². The Kier molecular flexibility index (Phi) is 10.4. The topological polar surface area (TPSA) is 101 Å². The van der Waals surface area contributed by atoms with Crippen LogP contribution < -0.4 is 14.2 Å². The van der Waals surface area contributed by atoms with Crippen molar-refractivity contribution in [3.8, 4) is 28.5 Å². The van der Waals surface area contributed by atoms with Crippen molar-refractivity contribution in [1.82, 2.24) is 4.98 Å². The maximum atomic E-state index is 14.5. The number of halogens is 1. The number of aromatic nitrogens is 1. The van der Waals surface area contributed by atoms with Gasteiger partial charge in [-0.2, -0.15) is 0 Å². The van der Waals surface area contributed by atoms with Crippen molar-refractivity contribution in [1.29, 1.82) is 0 Å². The highest BCUT2D eigenvalue weighted by atomic mass is 32.1. The molecule has 2 heterocycles. The van der Waals surface area contributed by atoms with E-state index in [9.17, 15) is 18.8 Å². The molecule has 0 N–H and O–H groups in total. The number of rotatable bonds is 14. The van der Waals surface area contributed by atoms with Crippen LogP contribution in [0.3, 0.4) is 0 Å². The van der Waals surface area contributed by atoms with Gasteiger partial charge in [-0.05, 0) is 48.4 Å². The molecule has 0 saturated carbocycles. The maximum Gasteiger partial charge on any atom is 0.306 e. The molecule has 46 heavy (non-hydrogen) atoms. The van der Waals surface area contributed by atoms with E-state index in [4.69, 9.17) is 18.9 Å². The lowest BCUT2D eigenvalue weighted by molar-refractivity contribution is -0.145. The van der Waals surface area contributed by atoms with E-state index in [1.54, 1.807) is 41.8 Å². The number of esters is 1. The second-order valence-corrected chi connectivity index (χ2v) is 11.3. The van der Waals surface area contributed by atoms with E-state index in [1.807, 2.05) is 30.3 Å². The molecule has 10 heteroatoms. The summed E-state index contributed by atoms with van der Waals surface area (Å²) in [5, 5.41) is 2.41. The van der Waals surface area contributed by atoms with Crippen molar-refractivity contribution >= 4 is 39.0 Å². The minimum atomic E-state index is -0.893. The number of nitrogens with zero attached hydrogens (tertiary/aromatic N) is 1. The van der Waals surface area contributed by atoms with Crippen molar-refractivity contribution in [3.63, 3.8) is 0 Å². The second-order valence-electron chi connectivity index (χ2n) is 10.5. The zero-order chi connectivity index (χ0) is 32.6. The Morgan fingerprint density at radius 1 is 0.848 bits per heavy atom. The van der Waals surface area contributed by atoms with Crippen molar-refractivity contribution in [2.24, 2.45) is 5.92 Å². The van der Waals surface area contributed by atoms with Crippen LogP contribution in [-0.2, 0) is 16.1 Å². The van der Waals surface area contributed by atoms with E-state index in [0.29, 0.717) is 44.2 Å². The summed E-state index contributed by atoms with van der Waals surface area (Å²) in [5.41, 5.74) is 2.25. The molecule has 8 nitrogen and oxygen atoms in total. The van der Waals surface area contributed by atoms with Gasteiger partial charge in [-0.1, -0.05) is 42.5 Å². The molecule has 1 unspecified atom stereocenters. The monoisotopic (exact) mass is 641 g/mol. The third kappa shape index (κ3) is 7.24. The van der Waals surface area contributed by atoms with Crippen LogP contribution in [0.1, 0.15) is 45.7 Å². The van der Waals surface area contributed by atoms with Gasteiger partial charge in [0.1, 0.15) is 29.6 Å². The van der Waals surface area contributed by atoms with Gasteiger partial charge in [0, 0.05) is 40.7 Å².